The Hall–Kier alpha value is -5.72. The quantitative estimate of drug-likeness (QED) is 0.122. The summed E-state index contributed by atoms with van der Waals surface area (Å²) >= 11 is 1.01. The van der Waals surface area contributed by atoms with Crippen LogP contribution in [0.2, 0.25) is 0 Å². The van der Waals surface area contributed by atoms with Crippen LogP contribution in [0.4, 0.5) is 0 Å². The van der Waals surface area contributed by atoms with Gasteiger partial charge in [-0.2, -0.15) is 10.3 Å². The van der Waals surface area contributed by atoms with E-state index in [9.17, 15) is 19.6 Å². The third kappa shape index (κ3) is 6.98. The van der Waals surface area contributed by atoms with E-state index in [0.29, 0.717) is 11.3 Å². The number of hydrogen-bond acceptors (Lipinski definition) is 5. The van der Waals surface area contributed by atoms with Gasteiger partial charge in [-0.15, -0.1) is 0 Å². The predicted octanol–water partition coefficient (Wildman–Crippen LogP) is 6.56. The molecule has 0 atom stereocenters. The van der Waals surface area contributed by atoms with Crippen LogP contribution in [-0.4, -0.2) is 38.1 Å². The van der Waals surface area contributed by atoms with Crippen molar-refractivity contribution in [1.82, 2.24) is 14.8 Å². The Morgan fingerprint density at radius 3 is 2.30 bits per heavy atom. The molecule has 0 spiro atoms. The summed E-state index contributed by atoms with van der Waals surface area (Å²) in [5.74, 6) is -1.67. The number of allylic oxidation sites excluding steroid dienone is 4. The number of aromatic nitrogens is 1. The summed E-state index contributed by atoms with van der Waals surface area (Å²) in [6, 6.07) is 28.5. The van der Waals surface area contributed by atoms with Crippen molar-refractivity contribution < 1.29 is 14.4 Å². The third-order valence-electron chi connectivity index (χ3n) is 7.27. The summed E-state index contributed by atoms with van der Waals surface area (Å²) in [5, 5.41) is 13.3. The van der Waals surface area contributed by atoms with Gasteiger partial charge in [-0.3, -0.25) is 19.3 Å². The fourth-order valence-corrected chi connectivity index (χ4v) is 5.95. The van der Waals surface area contributed by atoms with Crippen molar-refractivity contribution in [2.75, 3.05) is 5.75 Å². The smallest absolute Gasteiger partial charge is 0.285 e. The van der Waals surface area contributed by atoms with Crippen molar-refractivity contribution in [3.05, 3.63) is 150 Å². The maximum atomic E-state index is 14.1. The normalized spacial score (nSPS) is 14.6. The fraction of sp³-hybridized carbons (Fsp3) is 0.108. The minimum atomic E-state index is -0.712. The van der Waals surface area contributed by atoms with E-state index in [1.54, 1.807) is 42.0 Å². The molecule has 3 aromatic carbocycles. The van der Waals surface area contributed by atoms with Crippen molar-refractivity contribution in [2.24, 2.45) is 4.99 Å². The van der Waals surface area contributed by atoms with Gasteiger partial charge in [0.25, 0.3) is 11.8 Å². The Morgan fingerprint density at radius 1 is 1.02 bits per heavy atom. The highest BCUT2D eigenvalue weighted by Gasteiger charge is 2.35. The SMILES string of the molecule is C=C/C=C\C(=C/C)N1C(=O)/C(=C/c2cn(CC#N)c3ccccc23)C(=O)N=C1SCC(=O)NC(c1ccccc1)c1ccccc1. The molecule has 1 aromatic heterocycles. The summed E-state index contributed by atoms with van der Waals surface area (Å²) < 4.78 is 1.77. The number of hydrogen-bond donors (Lipinski definition) is 1. The van der Waals surface area contributed by atoms with E-state index in [1.165, 1.54) is 11.0 Å². The zero-order valence-electron chi connectivity index (χ0n) is 25.2. The van der Waals surface area contributed by atoms with Crippen molar-refractivity contribution in [1.29, 1.82) is 5.26 Å². The molecular weight excluding hydrogens is 595 g/mol. The first-order valence-corrected chi connectivity index (χ1v) is 15.5. The molecule has 9 heteroatoms. The van der Waals surface area contributed by atoms with E-state index in [2.05, 4.69) is 23.0 Å². The molecule has 1 aliphatic rings. The molecule has 4 aromatic rings. The average molecular weight is 626 g/mol. The van der Waals surface area contributed by atoms with Crippen LogP contribution in [0.5, 0.6) is 0 Å². The molecule has 2 heterocycles. The van der Waals surface area contributed by atoms with Crippen LogP contribution in [0.1, 0.15) is 29.7 Å². The first-order chi connectivity index (χ1) is 22.4. The molecule has 0 saturated heterocycles. The molecule has 1 aliphatic heterocycles. The van der Waals surface area contributed by atoms with E-state index in [4.69, 9.17) is 0 Å². The highest BCUT2D eigenvalue weighted by molar-refractivity contribution is 8.14. The number of nitrogens with zero attached hydrogens (tertiary/aromatic N) is 4. The number of aliphatic imine (C=N–C) groups is 1. The van der Waals surface area contributed by atoms with Crippen LogP contribution >= 0.6 is 11.8 Å². The van der Waals surface area contributed by atoms with E-state index in [0.717, 1.165) is 33.8 Å². The topological polar surface area (TPSA) is 108 Å². The lowest BCUT2D eigenvalue weighted by Gasteiger charge is -2.28. The minimum absolute atomic E-state index is 0.0884. The van der Waals surface area contributed by atoms with Crippen molar-refractivity contribution >= 4 is 51.6 Å². The molecule has 0 fully saturated rings. The van der Waals surface area contributed by atoms with Crippen molar-refractivity contribution in [2.45, 2.75) is 19.5 Å². The van der Waals surface area contributed by atoms with Crippen LogP contribution in [0.25, 0.3) is 17.0 Å². The lowest BCUT2D eigenvalue weighted by molar-refractivity contribution is -0.126. The number of amides is 3. The molecule has 0 unspecified atom stereocenters. The Kier molecular flexibility index (Phi) is 10.2. The highest BCUT2D eigenvalue weighted by atomic mass is 32.2. The second-order valence-electron chi connectivity index (χ2n) is 10.2. The molecule has 5 rings (SSSR count). The minimum Gasteiger partial charge on any atom is -0.344 e. The number of fused-ring (bicyclic) bond motifs is 1. The van der Waals surface area contributed by atoms with Crippen LogP contribution in [-0.2, 0) is 20.9 Å². The number of para-hydroxylation sites is 1. The monoisotopic (exact) mass is 625 g/mol. The molecule has 228 valence electrons. The number of rotatable bonds is 10. The Balaban J connectivity index is 1.46. The maximum absolute atomic E-state index is 14.1. The lowest BCUT2D eigenvalue weighted by atomic mass is 9.99. The molecule has 0 radical (unpaired) electrons. The van der Waals surface area contributed by atoms with Gasteiger partial charge < -0.3 is 9.88 Å². The van der Waals surface area contributed by atoms with E-state index in [-0.39, 0.29) is 35.0 Å². The van der Waals surface area contributed by atoms with Gasteiger partial charge in [0.2, 0.25) is 5.91 Å². The Bertz CT molecular complexity index is 1910. The molecular formula is C37H31N5O3S. The number of nitriles is 1. The summed E-state index contributed by atoms with van der Waals surface area (Å²) in [5.41, 5.74) is 3.60. The van der Waals surface area contributed by atoms with Crippen LogP contribution in [0.3, 0.4) is 0 Å². The van der Waals surface area contributed by atoms with Gasteiger partial charge in [0.05, 0.1) is 17.9 Å². The maximum Gasteiger partial charge on any atom is 0.285 e. The third-order valence-corrected chi connectivity index (χ3v) is 8.21. The molecule has 0 saturated carbocycles. The summed E-state index contributed by atoms with van der Waals surface area (Å²) in [6.45, 7) is 5.60. The van der Waals surface area contributed by atoms with Gasteiger partial charge in [0, 0.05) is 28.4 Å². The molecule has 0 bridgehead atoms. The van der Waals surface area contributed by atoms with Crippen molar-refractivity contribution in [3.8, 4) is 6.07 Å². The second kappa shape index (κ2) is 14.8. The first-order valence-electron chi connectivity index (χ1n) is 14.6. The van der Waals surface area contributed by atoms with E-state index >= 15 is 0 Å². The largest absolute Gasteiger partial charge is 0.344 e. The van der Waals surface area contributed by atoms with E-state index < -0.39 is 11.8 Å². The number of carbonyl (C=O) groups excluding carboxylic acids is 3. The summed E-state index contributed by atoms with van der Waals surface area (Å²) in [6.07, 6.45) is 9.93. The summed E-state index contributed by atoms with van der Waals surface area (Å²) in [7, 11) is 0. The fourth-order valence-electron chi connectivity index (χ4n) is 5.15. The number of carbonyl (C=O) groups is 3. The Labute approximate surface area is 271 Å². The van der Waals surface area contributed by atoms with Gasteiger partial charge in [-0.25, -0.2) is 0 Å². The van der Waals surface area contributed by atoms with Crippen LogP contribution < -0.4 is 5.32 Å². The molecule has 0 aliphatic carbocycles. The zero-order chi connectivity index (χ0) is 32.5. The van der Waals surface area contributed by atoms with Crippen LogP contribution in [0.15, 0.2) is 138 Å². The highest BCUT2D eigenvalue weighted by Crippen LogP contribution is 2.29. The number of nitrogens with one attached hydrogen (secondary N) is 1. The number of benzene rings is 3. The molecule has 1 N–H and O–H groups in total. The lowest BCUT2D eigenvalue weighted by Crippen LogP contribution is -2.42. The Morgan fingerprint density at radius 2 is 1.67 bits per heavy atom. The van der Waals surface area contributed by atoms with Gasteiger partial charge in [-0.1, -0.05) is 115 Å². The number of amidine groups is 1. The molecule has 8 nitrogen and oxygen atoms in total. The average Bonchev–Trinajstić information content (AvgIpc) is 3.43. The zero-order valence-corrected chi connectivity index (χ0v) is 26.0. The van der Waals surface area contributed by atoms with Gasteiger partial charge in [0.1, 0.15) is 12.1 Å². The number of thioether (sulfide) groups is 1. The standard InChI is InChI=1S/C37H31N5O3S/c1-3-5-18-29(4-2)42-36(45)31(23-28-24-41(22-21-38)32-20-13-12-19-30(28)32)35(44)40-37(42)46-25-33(43)39-34(26-14-8-6-9-15-26)27-16-10-7-11-17-27/h3-20,23-24,34H,1,22,25H2,2H3,(H,39,43)/b18-5-,29-4+,31-23+. The molecule has 3 amide bonds. The van der Waals surface area contributed by atoms with Gasteiger partial charge in [-0.05, 0) is 36.3 Å². The van der Waals surface area contributed by atoms with Gasteiger partial charge >= 0.3 is 0 Å². The second-order valence-corrected chi connectivity index (χ2v) is 11.1. The van der Waals surface area contributed by atoms with E-state index in [1.807, 2.05) is 84.9 Å². The van der Waals surface area contributed by atoms with Crippen LogP contribution in [0, 0.1) is 11.3 Å². The predicted molar refractivity (Wildman–Crippen MR) is 183 cm³/mol. The van der Waals surface area contributed by atoms with Gasteiger partial charge in [0.15, 0.2) is 5.17 Å². The summed E-state index contributed by atoms with van der Waals surface area (Å²) in [4.78, 5) is 46.5. The van der Waals surface area contributed by atoms with Crippen molar-refractivity contribution in [3.63, 3.8) is 0 Å². The first kappa shape index (κ1) is 31.7. The molecule has 46 heavy (non-hydrogen) atoms.